The smallest absolute Gasteiger partial charge is 0.123 e. The van der Waals surface area contributed by atoms with Crippen molar-refractivity contribution in [1.82, 2.24) is 5.32 Å². The molecule has 1 unspecified atom stereocenters. The molecule has 1 nitrogen and oxygen atoms in total. The Labute approximate surface area is 125 Å². The zero-order valence-electron chi connectivity index (χ0n) is 11.1. The molecule has 0 radical (unpaired) electrons. The molecule has 0 spiro atoms. The van der Waals surface area contributed by atoms with Gasteiger partial charge in [0.1, 0.15) is 5.82 Å². The van der Waals surface area contributed by atoms with Crippen LogP contribution < -0.4 is 5.32 Å². The van der Waals surface area contributed by atoms with Crippen LogP contribution in [0.3, 0.4) is 0 Å². The van der Waals surface area contributed by atoms with Crippen molar-refractivity contribution in [2.45, 2.75) is 5.92 Å². The molecular formula is C17H17ClFN. The second-order valence-corrected chi connectivity index (χ2v) is 4.35. The summed E-state index contributed by atoms with van der Waals surface area (Å²) < 4.78 is 13.0. The lowest BCUT2D eigenvalue weighted by Crippen LogP contribution is -2.22. The van der Waals surface area contributed by atoms with Gasteiger partial charge in [0.05, 0.1) is 6.54 Å². The summed E-state index contributed by atoms with van der Waals surface area (Å²) in [6.45, 7) is 1.27. The zero-order valence-corrected chi connectivity index (χ0v) is 11.9. The SMILES string of the molecule is C#CCNCC(c1ccccc1)c1ccc(F)cc1.Cl. The van der Waals surface area contributed by atoms with Gasteiger partial charge < -0.3 is 5.32 Å². The number of hydrogen-bond acceptors (Lipinski definition) is 1. The number of nitrogens with one attached hydrogen (secondary N) is 1. The summed E-state index contributed by atoms with van der Waals surface area (Å²) in [6.07, 6.45) is 5.25. The standard InChI is InChI=1S/C17H16FN.ClH/c1-2-12-19-13-17(14-6-4-3-5-7-14)15-8-10-16(18)11-9-15;/h1,3-11,17,19H,12-13H2;1H. The van der Waals surface area contributed by atoms with E-state index >= 15 is 0 Å². The molecule has 0 aromatic heterocycles. The fourth-order valence-corrected chi connectivity index (χ4v) is 2.10. The lowest BCUT2D eigenvalue weighted by molar-refractivity contribution is 0.624. The Kier molecular flexibility index (Phi) is 6.79. The second-order valence-electron chi connectivity index (χ2n) is 4.35. The van der Waals surface area contributed by atoms with Crippen molar-refractivity contribution in [3.63, 3.8) is 0 Å². The number of benzene rings is 2. The molecule has 0 heterocycles. The summed E-state index contributed by atoms with van der Waals surface area (Å²) >= 11 is 0. The largest absolute Gasteiger partial charge is 0.305 e. The highest BCUT2D eigenvalue weighted by atomic mass is 35.5. The molecule has 0 aliphatic rings. The van der Waals surface area contributed by atoms with Crippen molar-refractivity contribution in [1.29, 1.82) is 0 Å². The van der Waals surface area contributed by atoms with Gasteiger partial charge in [-0.25, -0.2) is 4.39 Å². The Hall–Kier alpha value is -1.82. The predicted molar refractivity (Wildman–Crippen MR) is 83.6 cm³/mol. The molecule has 0 fully saturated rings. The van der Waals surface area contributed by atoms with E-state index < -0.39 is 0 Å². The highest BCUT2D eigenvalue weighted by molar-refractivity contribution is 5.85. The van der Waals surface area contributed by atoms with E-state index in [-0.39, 0.29) is 24.1 Å². The van der Waals surface area contributed by atoms with Crippen LogP contribution in [0.2, 0.25) is 0 Å². The average molecular weight is 290 g/mol. The Balaban J connectivity index is 0.00000200. The van der Waals surface area contributed by atoms with E-state index in [0.29, 0.717) is 6.54 Å². The molecule has 20 heavy (non-hydrogen) atoms. The lowest BCUT2D eigenvalue weighted by atomic mass is 9.91. The number of terminal acetylenes is 1. The molecule has 104 valence electrons. The highest BCUT2D eigenvalue weighted by Gasteiger charge is 2.13. The first-order valence-corrected chi connectivity index (χ1v) is 6.26. The minimum Gasteiger partial charge on any atom is -0.305 e. The molecule has 0 saturated carbocycles. The normalized spacial score (nSPS) is 11.2. The van der Waals surface area contributed by atoms with Crippen molar-refractivity contribution in [3.8, 4) is 12.3 Å². The van der Waals surface area contributed by atoms with Crippen molar-refractivity contribution in [2.24, 2.45) is 0 Å². The monoisotopic (exact) mass is 289 g/mol. The Morgan fingerprint density at radius 3 is 2.20 bits per heavy atom. The second kappa shape index (κ2) is 8.37. The third-order valence-corrected chi connectivity index (χ3v) is 3.05. The van der Waals surface area contributed by atoms with Gasteiger partial charge in [0, 0.05) is 12.5 Å². The van der Waals surface area contributed by atoms with E-state index in [1.54, 1.807) is 0 Å². The first-order chi connectivity index (χ1) is 9.31. The molecule has 0 bridgehead atoms. The molecule has 2 aromatic rings. The summed E-state index contributed by atoms with van der Waals surface area (Å²) in [7, 11) is 0. The molecule has 0 saturated heterocycles. The fraction of sp³-hybridized carbons (Fsp3) is 0.176. The van der Waals surface area contributed by atoms with Crippen LogP contribution in [0.25, 0.3) is 0 Å². The third-order valence-electron chi connectivity index (χ3n) is 3.05. The average Bonchev–Trinajstić information content (AvgIpc) is 2.46. The van der Waals surface area contributed by atoms with Gasteiger partial charge in [0.15, 0.2) is 0 Å². The Morgan fingerprint density at radius 2 is 1.60 bits per heavy atom. The molecular weight excluding hydrogens is 273 g/mol. The van der Waals surface area contributed by atoms with Crippen LogP contribution >= 0.6 is 12.4 Å². The molecule has 1 N–H and O–H groups in total. The van der Waals surface area contributed by atoms with Gasteiger partial charge in [-0.05, 0) is 23.3 Å². The van der Waals surface area contributed by atoms with Crippen LogP contribution in [0.5, 0.6) is 0 Å². The third kappa shape index (κ3) is 4.38. The van der Waals surface area contributed by atoms with E-state index in [1.165, 1.54) is 17.7 Å². The van der Waals surface area contributed by atoms with Crippen LogP contribution in [0.4, 0.5) is 4.39 Å². The van der Waals surface area contributed by atoms with Gasteiger partial charge >= 0.3 is 0 Å². The van der Waals surface area contributed by atoms with Crippen molar-refractivity contribution < 1.29 is 4.39 Å². The maximum absolute atomic E-state index is 13.0. The molecule has 2 aromatic carbocycles. The molecule has 0 aliphatic heterocycles. The minimum atomic E-state index is -0.216. The number of halogens is 2. The van der Waals surface area contributed by atoms with Gasteiger partial charge in [-0.15, -0.1) is 18.8 Å². The molecule has 3 heteroatoms. The topological polar surface area (TPSA) is 12.0 Å². The summed E-state index contributed by atoms with van der Waals surface area (Å²) in [4.78, 5) is 0. The Morgan fingerprint density at radius 1 is 1.00 bits per heavy atom. The molecule has 1 atom stereocenters. The van der Waals surface area contributed by atoms with Crippen LogP contribution in [-0.2, 0) is 0 Å². The minimum absolute atomic E-state index is 0. The van der Waals surface area contributed by atoms with Gasteiger partial charge in [0.25, 0.3) is 0 Å². The Bertz CT molecular complexity index is 545. The van der Waals surface area contributed by atoms with Crippen LogP contribution in [0.15, 0.2) is 54.6 Å². The quantitative estimate of drug-likeness (QED) is 0.655. The molecule has 2 rings (SSSR count). The fourth-order valence-electron chi connectivity index (χ4n) is 2.10. The first kappa shape index (κ1) is 16.2. The van der Waals surface area contributed by atoms with Crippen molar-refractivity contribution in [2.75, 3.05) is 13.1 Å². The maximum Gasteiger partial charge on any atom is 0.123 e. The van der Waals surface area contributed by atoms with Crippen molar-refractivity contribution in [3.05, 3.63) is 71.5 Å². The zero-order chi connectivity index (χ0) is 13.5. The van der Waals surface area contributed by atoms with E-state index in [0.717, 1.165) is 12.1 Å². The van der Waals surface area contributed by atoms with E-state index in [2.05, 4.69) is 23.4 Å². The van der Waals surface area contributed by atoms with Crippen LogP contribution in [0, 0.1) is 18.2 Å². The maximum atomic E-state index is 13.0. The van der Waals surface area contributed by atoms with Crippen molar-refractivity contribution >= 4 is 12.4 Å². The van der Waals surface area contributed by atoms with Crippen LogP contribution in [-0.4, -0.2) is 13.1 Å². The van der Waals surface area contributed by atoms with Gasteiger partial charge in [-0.2, -0.15) is 0 Å². The van der Waals surface area contributed by atoms with E-state index in [1.807, 2.05) is 30.3 Å². The van der Waals surface area contributed by atoms with E-state index in [9.17, 15) is 4.39 Å². The van der Waals surface area contributed by atoms with E-state index in [4.69, 9.17) is 6.42 Å². The lowest BCUT2D eigenvalue weighted by Gasteiger charge is -2.18. The first-order valence-electron chi connectivity index (χ1n) is 6.26. The van der Waals surface area contributed by atoms with Gasteiger partial charge in [-0.1, -0.05) is 48.4 Å². The predicted octanol–water partition coefficient (Wildman–Crippen LogP) is 3.60. The number of hydrogen-bond donors (Lipinski definition) is 1. The van der Waals surface area contributed by atoms with Gasteiger partial charge in [-0.3, -0.25) is 0 Å². The highest BCUT2D eigenvalue weighted by Crippen LogP contribution is 2.24. The number of rotatable bonds is 5. The summed E-state index contributed by atoms with van der Waals surface area (Å²) in [5.41, 5.74) is 2.27. The van der Waals surface area contributed by atoms with Gasteiger partial charge in [0.2, 0.25) is 0 Å². The van der Waals surface area contributed by atoms with Crippen LogP contribution in [0.1, 0.15) is 17.0 Å². The summed E-state index contributed by atoms with van der Waals surface area (Å²) in [5.74, 6) is 2.52. The summed E-state index contributed by atoms with van der Waals surface area (Å²) in [5, 5.41) is 3.22. The molecule has 0 amide bonds. The summed E-state index contributed by atoms with van der Waals surface area (Å²) in [6, 6.07) is 16.8. The molecule has 0 aliphatic carbocycles.